The first-order chi connectivity index (χ1) is 9.62. The summed E-state index contributed by atoms with van der Waals surface area (Å²) >= 11 is 0. The van der Waals surface area contributed by atoms with Gasteiger partial charge in [-0.15, -0.1) is 0 Å². The summed E-state index contributed by atoms with van der Waals surface area (Å²) in [7, 11) is 0. The van der Waals surface area contributed by atoms with Crippen LogP contribution < -0.4 is 0 Å². The Kier molecular flexibility index (Phi) is 4.23. The Labute approximate surface area is 119 Å². The monoisotopic (exact) mass is 272 g/mol. The molecule has 4 heteroatoms. The van der Waals surface area contributed by atoms with Gasteiger partial charge in [-0.3, -0.25) is 4.68 Å². The number of rotatable bonds is 6. The van der Waals surface area contributed by atoms with Crippen LogP contribution in [0.5, 0.6) is 0 Å². The summed E-state index contributed by atoms with van der Waals surface area (Å²) in [5.41, 5.74) is 1.04. The highest BCUT2D eigenvalue weighted by Gasteiger charge is 2.39. The maximum atomic E-state index is 11.9. The number of hydrogen-bond acceptors (Lipinski definition) is 2. The number of carbonyl (C=O) groups is 1. The van der Waals surface area contributed by atoms with E-state index in [1.807, 2.05) is 50.4 Å². The van der Waals surface area contributed by atoms with Crippen LogP contribution in [0.25, 0.3) is 0 Å². The van der Waals surface area contributed by atoms with Crippen LogP contribution in [0.4, 0.5) is 0 Å². The van der Waals surface area contributed by atoms with Gasteiger partial charge in [0, 0.05) is 12.6 Å². The number of carboxylic acids is 1. The summed E-state index contributed by atoms with van der Waals surface area (Å²) in [5.74, 6) is -0.838. The van der Waals surface area contributed by atoms with Gasteiger partial charge in [-0.1, -0.05) is 44.2 Å². The van der Waals surface area contributed by atoms with Crippen molar-refractivity contribution in [2.75, 3.05) is 0 Å². The van der Waals surface area contributed by atoms with Crippen LogP contribution in [0.1, 0.15) is 31.4 Å². The average molecular weight is 272 g/mol. The molecule has 2 aromatic rings. The summed E-state index contributed by atoms with van der Waals surface area (Å²) in [6.45, 7) is 3.93. The predicted molar refractivity (Wildman–Crippen MR) is 77.7 cm³/mol. The fourth-order valence-electron chi connectivity index (χ4n) is 2.40. The molecule has 0 saturated carbocycles. The number of benzene rings is 1. The third-order valence-electron chi connectivity index (χ3n) is 3.81. The minimum Gasteiger partial charge on any atom is -0.479 e. The molecule has 0 radical (unpaired) electrons. The molecule has 1 N–H and O–H groups in total. The molecule has 4 nitrogen and oxygen atoms in total. The highest BCUT2D eigenvalue weighted by atomic mass is 16.4. The predicted octanol–water partition coefficient (Wildman–Crippen LogP) is 2.88. The lowest BCUT2D eigenvalue weighted by Gasteiger charge is -2.29. The average Bonchev–Trinajstić information content (AvgIpc) is 2.95. The molecule has 0 amide bonds. The summed E-state index contributed by atoms with van der Waals surface area (Å²) in [5, 5.41) is 14.0. The lowest BCUT2D eigenvalue weighted by Crippen LogP contribution is -2.44. The molecule has 0 fully saturated rings. The van der Waals surface area contributed by atoms with E-state index in [0.29, 0.717) is 12.8 Å². The molecule has 2 rings (SSSR count). The fraction of sp³-hybridized carbons (Fsp3) is 0.375. The van der Waals surface area contributed by atoms with Gasteiger partial charge in [-0.2, -0.15) is 5.10 Å². The van der Waals surface area contributed by atoms with Crippen molar-refractivity contribution in [3.8, 4) is 0 Å². The molecule has 0 aliphatic rings. The van der Waals surface area contributed by atoms with Gasteiger partial charge in [-0.25, -0.2) is 4.79 Å². The van der Waals surface area contributed by atoms with Crippen molar-refractivity contribution >= 4 is 5.97 Å². The van der Waals surface area contributed by atoms with Gasteiger partial charge >= 0.3 is 5.97 Å². The molecule has 1 heterocycles. The van der Waals surface area contributed by atoms with Gasteiger partial charge in [-0.05, 0) is 24.0 Å². The third-order valence-corrected chi connectivity index (χ3v) is 3.81. The standard InChI is InChI=1S/C16H20N2O2/c1-3-13-11-17-18(12-13)16(4-2,15(19)20)10-14-8-6-5-7-9-14/h5-9,11-12H,3-4,10H2,1-2H3,(H,19,20). The lowest BCUT2D eigenvalue weighted by molar-refractivity contribution is -0.148. The first-order valence-corrected chi connectivity index (χ1v) is 6.93. The normalized spacial score (nSPS) is 13.9. The van der Waals surface area contributed by atoms with Crippen molar-refractivity contribution in [2.24, 2.45) is 0 Å². The van der Waals surface area contributed by atoms with Gasteiger partial charge in [0.15, 0.2) is 5.54 Å². The second-order valence-corrected chi connectivity index (χ2v) is 5.00. The fourth-order valence-corrected chi connectivity index (χ4v) is 2.40. The zero-order valence-corrected chi connectivity index (χ0v) is 11.9. The van der Waals surface area contributed by atoms with E-state index in [0.717, 1.165) is 17.5 Å². The number of hydrogen-bond donors (Lipinski definition) is 1. The van der Waals surface area contributed by atoms with Crippen molar-refractivity contribution in [1.82, 2.24) is 9.78 Å². The van der Waals surface area contributed by atoms with E-state index in [1.54, 1.807) is 10.9 Å². The number of aryl methyl sites for hydroxylation is 1. The largest absolute Gasteiger partial charge is 0.479 e. The quantitative estimate of drug-likeness (QED) is 0.879. The molecule has 0 aliphatic heterocycles. The molecule has 1 unspecified atom stereocenters. The van der Waals surface area contributed by atoms with Crippen LogP contribution in [0.2, 0.25) is 0 Å². The van der Waals surface area contributed by atoms with Gasteiger partial charge in [0.25, 0.3) is 0 Å². The Morgan fingerprint density at radius 3 is 2.45 bits per heavy atom. The zero-order chi connectivity index (χ0) is 14.6. The Hall–Kier alpha value is -2.10. The Morgan fingerprint density at radius 2 is 1.95 bits per heavy atom. The van der Waals surface area contributed by atoms with Crippen LogP contribution >= 0.6 is 0 Å². The number of carboxylic acid groups (broad SMARTS) is 1. The SMILES string of the molecule is CCc1cnn(C(CC)(Cc2ccccc2)C(=O)O)c1. The van der Waals surface area contributed by atoms with E-state index in [4.69, 9.17) is 0 Å². The van der Waals surface area contributed by atoms with E-state index in [-0.39, 0.29) is 0 Å². The van der Waals surface area contributed by atoms with Crippen molar-refractivity contribution in [1.29, 1.82) is 0 Å². The highest BCUT2D eigenvalue weighted by Crippen LogP contribution is 2.26. The molecule has 0 spiro atoms. The maximum Gasteiger partial charge on any atom is 0.331 e. The Bertz CT molecular complexity index is 577. The van der Waals surface area contributed by atoms with Gasteiger partial charge < -0.3 is 5.11 Å². The lowest BCUT2D eigenvalue weighted by atomic mass is 9.88. The van der Waals surface area contributed by atoms with E-state index in [9.17, 15) is 9.90 Å². The molecule has 1 aromatic heterocycles. The van der Waals surface area contributed by atoms with Crippen molar-refractivity contribution in [3.63, 3.8) is 0 Å². The Balaban J connectivity index is 2.42. The third kappa shape index (κ3) is 2.59. The van der Waals surface area contributed by atoms with E-state index in [1.165, 1.54) is 0 Å². The molecule has 0 aliphatic carbocycles. The van der Waals surface area contributed by atoms with Gasteiger partial charge in [0.1, 0.15) is 0 Å². The second-order valence-electron chi connectivity index (χ2n) is 5.00. The first-order valence-electron chi connectivity index (χ1n) is 6.93. The molecule has 106 valence electrons. The molecule has 1 atom stereocenters. The van der Waals surface area contributed by atoms with Crippen molar-refractivity contribution in [3.05, 3.63) is 53.9 Å². The minimum atomic E-state index is -1.02. The summed E-state index contributed by atoms with van der Waals surface area (Å²) in [6.07, 6.45) is 5.37. The minimum absolute atomic E-state index is 0.435. The molecule has 0 saturated heterocycles. The highest BCUT2D eigenvalue weighted by molar-refractivity contribution is 5.77. The van der Waals surface area contributed by atoms with Crippen LogP contribution in [-0.4, -0.2) is 20.9 Å². The summed E-state index contributed by atoms with van der Waals surface area (Å²) in [4.78, 5) is 11.9. The summed E-state index contributed by atoms with van der Waals surface area (Å²) in [6, 6.07) is 9.70. The molecular weight excluding hydrogens is 252 g/mol. The number of aromatic nitrogens is 2. The molecule has 20 heavy (non-hydrogen) atoms. The van der Waals surface area contributed by atoms with Gasteiger partial charge in [0.2, 0.25) is 0 Å². The maximum absolute atomic E-state index is 11.9. The van der Waals surface area contributed by atoms with Crippen LogP contribution in [0.15, 0.2) is 42.7 Å². The molecule has 1 aromatic carbocycles. The first kappa shape index (κ1) is 14.3. The van der Waals surface area contributed by atoms with Crippen LogP contribution in [-0.2, 0) is 23.2 Å². The summed E-state index contributed by atoms with van der Waals surface area (Å²) < 4.78 is 1.61. The second kappa shape index (κ2) is 5.90. The Morgan fingerprint density at radius 1 is 1.25 bits per heavy atom. The number of aliphatic carboxylic acids is 1. The smallest absolute Gasteiger partial charge is 0.331 e. The van der Waals surface area contributed by atoms with Crippen molar-refractivity contribution < 1.29 is 9.90 Å². The molecular formula is C16H20N2O2. The van der Waals surface area contributed by atoms with E-state index >= 15 is 0 Å². The molecule has 0 bridgehead atoms. The van der Waals surface area contributed by atoms with Crippen LogP contribution in [0, 0.1) is 0 Å². The zero-order valence-electron chi connectivity index (χ0n) is 11.9. The van der Waals surface area contributed by atoms with Crippen LogP contribution in [0.3, 0.4) is 0 Å². The number of nitrogens with zero attached hydrogens (tertiary/aromatic N) is 2. The van der Waals surface area contributed by atoms with E-state index in [2.05, 4.69) is 5.10 Å². The van der Waals surface area contributed by atoms with E-state index < -0.39 is 11.5 Å². The topological polar surface area (TPSA) is 55.1 Å². The van der Waals surface area contributed by atoms with Gasteiger partial charge in [0.05, 0.1) is 6.20 Å². The van der Waals surface area contributed by atoms with Crippen molar-refractivity contribution in [2.45, 2.75) is 38.6 Å².